The minimum atomic E-state index is -0.751. The maximum absolute atomic E-state index is 12.7. The number of rotatable bonds is 4. The molecule has 0 spiro atoms. The van der Waals surface area contributed by atoms with Gasteiger partial charge in [-0.2, -0.15) is 0 Å². The summed E-state index contributed by atoms with van der Waals surface area (Å²) in [6.45, 7) is 2.27. The number of nitrogens with zero attached hydrogens (tertiary/aromatic N) is 1. The van der Waals surface area contributed by atoms with Gasteiger partial charge in [0, 0.05) is 17.1 Å². The molecule has 1 amide bonds. The van der Waals surface area contributed by atoms with E-state index in [4.69, 9.17) is 34.8 Å². The average molecular weight is 425 g/mol. The minimum Gasteiger partial charge on any atom is -0.507 e. The minimum absolute atomic E-state index is 0.00843. The van der Waals surface area contributed by atoms with E-state index in [1.54, 1.807) is 36.4 Å². The topological polar surface area (TPSA) is 57.6 Å². The molecule has 27 heavy (non-hydrogen) atoms. The van der Waals surface area contributed by atoms with Gasteiger partial charge in [0.15, 0.2) is 0 Å². The van der Waals surface area contributed by atoms with Crippen LogP contribution in [0.1, 0.15) is 30.5 Å². The fourth-order valence-electron chi connectivity index (χ4n) is 3.17. The molecule has 2 aromatic carbocycles. The van der Waals surface area contributed by atoms with Crippen LogP contribution in [0.4, 0.5) is 0 Å². The van der Waals surface area contributed by atoms with E-state index in [0.29, 0.717) is 39.2 Å². The zero-order valence-electron chi connectivity index (χ0n) is 14.4. The van der Waals surface area contributed by atoms with E-state index < -0.39 is 17.7 Å². The summed E-state index contributed by atoms with van der Waals surface area (Å²) in [5.41, 5.74) is 0.969. The molecule has 0 aromatic heterocycles. The number of hydrogen-bond acceptors (Lipinski definition) is 3. The van der Waals surface area contributed by atoms with Crippen LogP contribution in [0.15, 0.2) is 48.0 Å². The molecular formula is C20H16Cl3NO3. The summed E-state index contributed by atoms with van der Waals surface area (Å²) in [6.07, 6.45) is 0.655. The van der Waals surface area contributed by atoms with Crippen LogP contribution in [0.25, 0.3) is 5.76 Å². The second-order valence-electron chi connectivity index (χ2n) is 6.18. The first kappa shape index (κ1) is 19.7. The number of halogens is 3. The van der Waals surface area contributed by atoms with Gasteiger partial charge in [-0.25, -0.2) is 0 Å². The van der Waals surface area contributed by atoms with E-state index >= 15 is 0 Å². The van der Waals surface area contributed by atoms with Crippen LogP contribution in [0, 0.1) is 0 Å². The predicted molar refractivity (Wildman–Crippen MR) is 107 cm³/mol. The highest BCUT2D eigenvalue weighted by Gasteiger charge is 2.45. The Hall–Kier alpha value is -2.01. The van der Waals surface area contributed by atoms with Crippen molar-refractivity contribution in [2.75, 3.05) is 6.54 Å². The van der Waals surface area contributed by atoms with E-state index in [-0.39, 0.29) is 11.3 Å². The van der Waals surface area contributed by atoms with Crippen LogP contribution in [-0.2, 0) is 9.59 Å². The van der Waals surface area contributed by atoms with Gasteiger partial charge in [0.25, 0.3) is 11.7 Å². The number of carbonyl (C=O) groups is 2. The van der Waals surface area contributed by atoms with Crippen molar-refractivity contribution in [3.8, 4) is 0 Å². The van der Waals surface area contributed by atoms with Crippen LogP contribution in [0.5, 0.6) is 0 Å². The fraction of sp³-hybridized carbons (Fsp3) is 0.200. The molecule has 0 aliphatic carbocycles. The molecule has 1 saturated heterocycles. The number of amides is 1. The monoisotopic (exact) mass is 423 g/mol. The third-order valence-electron chi connectivity index (χ3n) is 4.36. The van der Waals surface area contributed by atoms with Crippen molar-refractivity contribution < 1.29 is 14.7 Å². The second-order valence-corrected chi connectivity index (χ2v) is 7.43. The van der Waals surface area contributed by atoms with Crippen molar-refractivity contribution in [3.05, 3.63) is 74.2 Å². The lowest BCUT2D eigenvalue weighted by molar-refractivity contribution is -0.139. The molecule has 1 aliphatic heterocycles. The lowest BCUT2D eigenvalue weighted by atomic mass is 9.95. The summed E-state index contributed by atoms with van der Waals surface area (Å²) < 4.78 is 0. The van der Waals surface area contributed by atoms with Crippen LogP contribution < -0.4 is 0 Å². The number of Topliss-reactive ketones (excluding diaryl/α,β-unsaturated/α-hetero) is 1. The molecule has 4 nitrogen and oxygen atoms in total. The average Bonchev–Trinajstić information content (AvgIpc) is 2.89. The van der Waals surface area contributed by atoms with Crippen molar-refractivity contribution >= 4 is 52.3 Å². The SMILES string of the molecule is CCCN1C(=O)C(=O)/C(=C(\O)c2cccc(Cl)c2)C1c1ccc(Cl)c(Cl)c1. The molecule has 2 aromatic rings. The highest BCUT2D eigenvalue weighted by molar-refractivity contribution is 6.47. The zero-order valence-corrected chi connectivity index (χ0v) is 16.6. The van der Waals surface area contributed by atoms with Crippen molar-refractivity contribution in [2.24, 2.45) is 0 Å². The molecule has 1 fully saturated rings. The van der Waals surface area contributed by atoms with Crippen molar-refractivity contribution in [3.63, 3.8) is 0 Å². The molecular weight excluding hydrogens is 409 g/mol. The van der Waals surface area contributed by atoms with Crippen LogP contribution in [-0.4, -0.2) is 28.2 Å². The molecule has 1 unspecified atom stereocenters. The predicted octanol–water partition coefficient (Wildman–Crippen LogP) is 5.48. The van der Waals surface area contributed by atoms with Gasteiger partial charge in [0.2, 0.25) is 0 Å². The molecule has 1 atom stereocenters. The van der Waals surface area contributed by atoms with E-state index in [1.807, 2.05) is 6.92 Å². The zero-order chi connectivity index (χ0) is 19.7. The number of likely N-dealkylation sites (tertiary alicyclic amines) is 1. The van der Waals surface area contributed by atoms with Gasteiger partial charge in [0.1, 0.15) is 5.76 Å². The highest BCUT2D eigenvalue weighted by atomic mass is 35.5. The number of hydrogen-bond donors (Lipinski definition) is 1. The Morgan fingerprint density at radius 1 is 1.07 bits per heavy atom. The fourth-order valence-corrected chi connectivity index (χ4v) is 3.67. The van der Waals surface area contributed by atoms with Gasteiger partial charge >= 0.3 is 0 Å². The lowest BCUT2D eigenvalue weighted by Crippen LogP contribution is -2.30. The standard InChI is InChI=1S/C20H16Cl3NO3/c1-2-8-24-17(11-6-7-14(22)15(23)10-11)16(19(26)20(24)27)18(25)12-4-3-5-13(21)9-12/h3-7,9-10,17,25H,2,8H2,1H3/b18-16-. The summed E-state index contributed by atoms with van der Waals surface area (Å²) in [5.74, 6) is -1.67. The van der Waals surface area contributed by atoms with E-state index in [1.165, 1.54) is 11.0 Å². The first-order valence-electron chi connectivity index (χ1n) is 8.34. The number of carbonyl (C=O) groups excluding carboxylic acids is 2. The summed E-state index contributed by atoms with van der Waals surface area (Å²) in [6, 6.07) is 10.6. The van der Waals surface area contributed by atoms with Crippen molar-refractivity contribution in [1.82, 2.24) is 4.90 Å². The van der Waals surface area contributed by atoms with Crippen LogP contribution in [0.2, 0.25) is 15.1 Å². The highest BCUT2D eigenvalue weighted by Crippen LogP contribution is 2.41. The van der Waals surface area contributed by atoms with E-state index in [2.05, 4.69) is 0 Å². The van der Waals surface area contributed by atoms with Gasteiger partial charge in [-0.15, -0.1) is 0 Å². The number of benzene rings is 2. The van der Waals surface area contributed by atoms with E-state index in [0.717, 1.165) is 0 Å². The maximum atomic E-state index is 12.7. The lowest BCUT2D eigenvalue weighted by Gasteiger charge is -2.25. The smallest absolute Gasteiger partial charge is 0.295 e. The van der Waals surface area contributed by atoms with Gasteiger partial charge in [-0.3, -0.25) is 9.59 Å². The normalized spacial score (nSPS) is 19.0. The first-order valence-corrected chi connectivity index (χ1v) is 9.47. The first-order chi connectivity index (χ1) is 12.8. The van der Waals surface area contributed by atoms with Crippen molar-refractivity contribution in [2.45, 2.75) is 19.4 Å². The third-order valence-corrected chi connectivity index (χ3v) is 5.34. The Morgan fingerprint density at radius 2 is 1.81 bits per heavy atom. The van der Waals surface area contributed by atoms with Crippen LogP contribution >= 0.6 is 34.8 Å². The molecule has 1 N–H and O–H groups in total. The molecule has 0 radical (unpaired) electrons. The summed E-state index contributed by atoms with van der Waals surface area (Å²) in [4.78, 5) is 26.8. The van der Waals surface area contributed by atoms with Gasteiger partial charge in [-0.05, 0) is 36.2 Å². The summed E-state index contributed by atoms with van der Waals surface area (Å²) in [7, 11) is 0. The summed E-state index contributed by atoms with van der Waals surface area (Å²) in [5, 5.41) is 11.9. The Morgan fingerprint density at radius 3 is 2.44 bits per heavy atom. The Labute approximate surface area is 171 Å². The Kier molecular flexibility index (Phi) is 5.80. The second kappa shape index (κ2) is 7.93. The van der Waals surface area contributed by atoms with Crippen LogP contribution in [0.3, 0.4) is 0 Å². The van der Waals surface area contributed by atoms with E-state index in [9.17, 15) is 14.7 Å². The van der Waals surface area contributed by atoms with Crippen molar-refractivity contribution in [1.29, 1.82) is 0 Å². The quantitative estimate of drug-likeness (QED) is 0.402. The van der Waals surface area contributed by atoms with Gasteiger partial charge < -0.3 is 10.0 Å². The van der Waals surface area contributed by atoms with Gasteiger partial charge in [-0.1, -0.05) is 59.9 Å². The molecule has 0 bridgehead atoms. The van der Waals surface area contributed by atoms with Gasteiger partial charge in [0.05, 0.1) is 21.7 Å². The summed E-state index contributed by atoms with van der Waals surface area (Å²) >= 11 is 18.1. The molecule has 1 heterocycles. The number of aliphatic hydroxyl groups excluding tert-OH is 1. The molecule has 140 valence electrons. The Balaban J connectivity index is 2.22. The molecule has 1 aliphatic rings. The maximum Gasteiger partial charge on any atom is 0.295 e. The molecule has 7 heteroatoms. The number of aliphatic hydroxyl groups is 1. The Bertz CT molecular complexity index is 955. The molecule has 3 rings (SSSR count). The third kappa shape index (κ3) is 3.70. The largest absolute Gasteiger partial charge is 0.507 e. The number of ketones is 1. The molecule has 0 saturated carbocycles.